The molecule has 0 fully saturated rings. The molecule has 2 N–H and O–H groups in total. The zero-order valence-corrected chi connectivity index (χ0v) is 11.4. The Kier molecular flexibility index (Phi) is 3.87. The number of rotatable bonds is 3. The van der Waals surface area contributed by atoms with Gasteiger partial charge in [-0.15, -0.1) is 0 Å². The molecule has 2 rings (SSSR count). The van der Waals surface area contributed by atoms with Crippen LogP contribution in [0, 0.1) is 6.92 Å². The average molecular weight is 280 g/mol. The highest BCUT2D eigenvalue weighted by Crippen LogP contribution is 2.18. The van der Waals surface area contributed by atoms with E-state index in [9.17, 15) is 9.90 Å². The molecule has 0 radical (unpaired) electrons. The Balaban J connectivity index is 2.61. The summed E-state index contributed by atoms with van der Waals surface area (Å²) in [5, 5.41) is 17.3. The predicted molar refractivity (Wildman–Crippen MR) is 74.0 cm³/mol. The highest BCUT2D eigenvalue weighted by atomic mass is 35.5. The van der Waals surface area contributed by atoms with Gasteiger partial charge in [0.05, 0.1) is 5.69 Å². The quantitative estimate of drug-likeness (QED) is 0.896. The normalized spacial score (nSPS) is 10.7. The molecular weight excluding hydrogens is 266 g/mol. The highest BCUT2D eigenvalue weighted by Gasteiger charge is 2.10. The van der Waals surface area contributed by atoms with Crippen LogP contribution < -0.4 is 10.9 Å². The van der Waals surface area contributed by atoms with E-state index in [1.807, 2.05) is 6.92 Å². The van der Waals surface area contributed by atoms with Crippen LogP contribution in [0.2, 0.25) is 5.02 Å². The van der Waals surface area contributed by atoms with Gasteiger partial charge in [0.2, 0.25) is 0 Å². The number of aromatic nitrogens is 2. The first-order valence-corrected chi connectivity index (χ1v) is 6.14. The van der Waals surface area contributed by atoms with Crippen LogP contribution in [0.25, 0.3) is 5.69 Å². The van der Waals surface area contributed by atoms with Crippen LogP contribution in [0.5, 0.6) is 5.75 Å². The number of aryl methyl sites for hydroxylation is 1. The molecule has 1 aromatic carbocycles. The molecule has 0 atom stereocenters. The molecule has 6 heteroatoms. The minimum Gasteiger partial charge on any atom is -0.506 e. The van der Waals surface area contributed by atoms with Gasteiger partial charge in [-0.05, 0) is 37.7 Å². The lowest BCUT2D eigenvalue weighted by Crippen LogP contribution is -2.23. The van der Waals surface area contributed by atoms with Gasteiger partial charge in [0.25, 0.3) is 5.56 Å². The maximum absolute atomic E-state index is 11.9. The van der Waals surface area contributed by atoms with Crippen LogP contribution in [0.4, 0.5) is 0 Å². The second kappa shape index (κ2) is 5.42. The summed E-state index contributed by atoms with van der Waals surface area (Å²) in [4.78, 5) is 11.9. The molecule has 0 aliphatic rings. The second-order valence-electron chi connectivity index (χ2n) is 4.19. The molecule has 0 amide bonds. The van der Waals surface area contributed by atoms with Gasteiger partial charge in [-0.25, -0.2) is 0 Å². The van der Waals surface area contributed by atoms with Crippen molar-refractivity contribution in [3.05, 3.63) is 50.9 Å². The molecule has 0 saturated heterocycles. The van der Waals surface area contributed by atoms with Gasteiger partial charge in [0.1, 0.15) is 11.4 Å². The Morgan fingerprint density at radius 2 is 2.16 bits per heavy atom. The minimum absolute atomic E-state index is 0.109. The lowest BCUT2D eigenvalue weighted by atomic mass is 10.2. The van der Waals surface area contributed by atoms with Crippen molar-refractivity contribution in [2.45, 2.75) is 13.5 Å². The largest absolute Gasteiger partial charge is 0.506 e. The monoisotopic (exact) mass is 279 g/mol. The summed E-state index contributed by atoms with van der Waals surface area (Å²) in [6.07, 6.45) is 0. The Morgan fingerprint density at radius 3 is 2.79 bits per heavy atom. The van der Waals surface area contributed by atoms with Crippen molar-refractivity contribution >= 4 is 11.6 Å². The molecule has 0 saturated carbocycles. The summed E-state index contributed by atoms with van der Waals surface area (Å²) in [6.45, 7) is 2.22. The third-order valence-electron chi connectivity index (χ3n) is 2.72. The number of hydrogen-bond acceptors (Lipinski definition) is 4. The number of aromatic hydroxyl groups is 1. The Bertz CT molecular complexity index is 667. The third kappa shape index (κ3) is 2.77. The maximum atomic E-state index is 11.9. The van der Waals surface area contributed by atoms with E-state index >= 15 is 0 Å². The van der Waals surface area contributed by atoms with Gasteiger partial charge in [0, 0.05) is 17.6 Å². The molecular formula is C13H14ClN3O2. The topological polar surface area (TPSA) is 67.2 Å². The molecule has 19 heavy (non-hydrogen) atoms. The van der Waals surface area contributed by atoms with Gasteiger partial charge in [0.15, 0.2) is 0 Å². The van der Waals surface area contributed by atoms with Crippen LogP contribution in [0.3, 0.4) is 0 Å². The first-order chi connectivity index (χ1) is 9.02. The lowest BCUT2D eigenvalue weighted by molar-refractivity contribution is 0.453. The van der Waals surface area contributed by atoms with Gasteiger partial charge in [-0.2, -0.15) is 9.78 Å². The average Bonchev–Trinajstić information content (AvgIpc) is 2.34. The van der Waals surface area contributed by atoms with Crippen LogP contribution in [0.1, 0.15) is 11.3 Å². The summed E-state index contributed by atoms with van der Waals surface area (Å²) in [5.74, 6) is -0.109. The van der Waals surface area contributed by atoms with E-state index in [2.05, 4.69) is 10.4 Å². The number of halogens is 1. The molecule has 0 spiro atoms. The summed E-state index contributed by atoms with van der Waals surface area (Å²) in [6, 6.07) is 6.35. The van der Waals surface area contributed by atoms with Gasteiger partial charge in [-0.1, -0.05) is 11.6 Å². The van der Waals surface area contributed by atoms with Crippen molar-refractivity contribution in [2.24, 2.45) is 0 Å². The smallest absolute Gasteiger partial charge is 0.275 e. The predicted octanol–water partition coefficient (Wildman–Crippen LogP) is 1.62. The van der Waals surface area contributed by atoms with Crippen LogP contribution >= 0.6 is 11.6 Å². The number of nitrogens with one attached hydrogen (secondary N) is 1. The fourth-order valence-corrected chi connectivity index (χ4v) is 2.03. The van der Waals surface area contributed by atoms with Gasteiger partial charge >= 0.3 is 0 Å². The van der Waals surface area contributed by atoms with E-state index in [-0.39, 0.29) is 11.3 Å². The van der Waals surface area contributed by atoms with Crippen molar-refractivity contribution in [3.8, 4) is 11.4 Å². The van der Waals surface area contributed by atoms with Gasteiger partial charge < -0.3 is 10.4 Å². The van der Waals surface area contributed by atoms with Crippen molar-refractivity contribution < 1.29 is 5.11 Å². The molecule has 1 heterocycles. The minimum atomic E-state index is -0.386. The summed E-state index contributed by atoms with van der Waals surface area (Å²) >= 11 is 5.89. The summed E-state index contributed by atoms with van der Waals surface area (Å²) in [5.41, 5.74) is 1.51. The maximum Gasteiger partial charge on any atom is 0.275 e. The fraction of sp³-hybridized carbons (Fsp3) is 0.231. The molecule has 0 unspecified atom stereocenters. The van der Waals surface area contributed by atoms with Crippen molar-refractivity contribution in [1.29, 1.82) is 0 Å². The van der Waals surface area contributed by atoms with Crippen LogP contribution in [0.15, 0.2) is 29.1 Å². The van der Waals surface area contributed by atoms with Crippen molar-refractivity contribution in [1.82, 2.24) is 15.1 Å². The molecule has 1 aromatic heterocycles. The van der Waals surface area contributed by atoms with E-state index in [0.29, 0.717) is 22.9 Å². The molecule has 5 nitrogen and oxygen atoms in total. The van der Waals surface area contributed by atoms with Crippen LogP contribution in [-0.4, -0.2) is 21.9 Å². The summed E-state index contributed by atoms with van der Waals surface area (Å²) in [7, 11) is 1.74. The molecule has 0 bridgehead atoms. The fourth-order valence-electron chi connectivity index (χ4n) is 1.81. The summed E-state index contributed by atoms with van der Waals surface area (Å²) < 4.78 is 1.26. The lowest BCUT2D eigenvalue weighted by Gasteiger charge is -2.11. The SMILES string of the molecule is CNCc1nn(-c2ccc(Cl)cc2C)c(=O)cc1O. The Hall–Kier alpha value is -1.85. The van der Waals surface area contributed by atoms with Gasteiger partial charge in [-0.3, -0.25) is 4.79 Å². The number of benzene rings is 1. The first-order valence-electron chi connectivity index (χ1n) is 5.76. The van der Waals surface area contributed by atoms with Crippen LogP contribution in [-0.2, 0) is 6.54 Å². The Labute approximate surface area is 115 Å². The van der Waals surface area contributed by atoms with E-state index < -0.39 is 0 Å². The number of nitrogens with zero attached hydrogens (tertiary/aromatic N) is 2. The molecule has 100 valence electrons. The zero-order valence-electron chi connectivity index (χ0n) is 10.6. The Morgan fingerprint density at radius 1 is 1.42 bits per heavy atom. The van der Waals surface area contributed by atoms with E-state index in [4.69, 9.17) is 11.6 Å². The second-order valence-corrected chi connectivity index (χ2v) is 4.62. The first kappa shape index (κ1) is 13.6. The molecule has 2 aromatic rings. The van der Waals surface area contributed by atoms with Crippen molar-refractivity contribution in [3.63, 3.8) is 0 Å². The van der Waals surface area contributed by atoms with E-state index in [1.165, 1.54) is 4.68 Å². The standard InChI is InChI=1S/C13H14ClN3O2/c1-8-5-9(14)3-4-11(8)17-13(19)6-12(18)10(16-17)7-15-2/h3-6,15,18H,7H2,1-2H3. The molecule has 0 aliphatic heterocycles. The van der Waals surface area contributed by atoms with E-state index in [1.54, 1.807) is 25.2 Å². The zero-order chi connectivity index (χ0) is 14.0. The van der Waals surface area contributed by atoms with Crippen molar-refractivity contribution in [2.75, 3.05) is 7.05 Å². The molecule has 0 aliphatic carbocycles. The highest BCUT2D eigenvalue weighted by molar-refractivity contribution is 6.30. The number of hydrogen-bond donors (Lipinski definition) is 2. The van der Waals surface area contributed by atoms with E-state index in [0.717, 1.165) is 11.6 Å². The third-order valence-corrected chi connectivity index (χ3v) is 2.95.